The van der Waals surface area contributed by atoms with Crippen LogP contribution in [0, 0.1) is 0 Å². The van der Waals surface area contributed by atoms with Gasteiger partial charge in [0.2, 0.25) is 0 Å². The van der Waals surface area contributed by atoms with E-state index in [1.807, 2.05) is 24.5 Å². The average Bonchev–Trinajstić information content (AvgIpc) is 3.26. The van der Waals surface area contributed by atoms with E-state index in [2.05, 4.69) is 146 Å². The van der Waals surface area contributed by atoms with Crippen LogP contribution < -0.4 is 0 Å². The third-order valence-corrected chi connectivity index (χ3v) is 11.3. The van der Waals surface area contributed by atoms with Crippen molar-refractivity contribution >= 4 is 97.5 Å². The molecule has 0 N–H and O–H groups in total. The topological polar surface area (TPSA) is 51.6 Å². The van der Waals surface area contributed by atoms with Crippen molar-refractivity contribution in [3.8, 4) is 22.5 Å². The Hall–Kier alpha value is -7.30. The molecule has 12 rings (SSSR count). The van der Waals surface area contributed by atoms with Crippen molar-refractivity contribution in [1.82, 2.24) is 19.9 Å². The summed E-state index contributed by atoms with van der Waals surface area (Å²) < 4.78 is 0. The molecule has 0 aliphatic carbocycles. The van der Waals surface area contributed by atoms with E-state index in [1.54, 1.807) is 0 Å². The Kier molecular flexibility index (Phi) is 6.02. The van der Waals surface area contributed by atoms with Gasteiger partial charge < -0.3 is 0 Å². The third-order valence-electron chi connectivity index (χ3n) is 11.3. The molecule has 4 heteroatoms. The summed E-state index contributed by atoms with van der Waals surface area (Å²) in [6, 6.07) is 56.3. The number of rotatable bonds is 2. The van der Waals surface area contributed by atoms with E-state index in [0.717, 1.165) is 55.4 Å². The number of hydrogen-bond acceptors (Lipinski definition) is 4. The van der Waals surface area contributed by atoms with Crippen LogP contribution in [0.5, 0.6) is 0 Å². The first-order valence-corrected chi connectivity index (χ1v) is 18.3. The molecule has 4 nitrogen and oxygen atoms in total. The first-order chi connectivity index (χ1) is 26.8. The van der Waals surface area contributed by atoms with Gasteiger partial charge >= 0.3 is 0 Å². The van der Waals surface area contributed by atoms with Crippen LogP contribution >= 0.6 is 0 Å². The van der Waals surface area contributed by atoms with Gasteiger partial charge in [-0.1, -0.05) is 146 Å². The summed E-state index contributed by atoms with van der Waals surface area (Å²) >= 11 is 0. The molecule has 0 saturated heterocycles. The van der Waals surface area contributed by atoms with Gasteiger partial charge in [-0.15, -0.1) is 0 Å². The van der Waals surface area contributed by atoms with Crippen molar-refractivity contribution in [1.29, 1.82) is 0 Å². The zero-order valence-electron chi connectivity index (χ0n) is 29.0. The van der Waals surface area contributed by atoms with Crippen LogP contribution in [0.3, 0.4) is 0 Å². The lowest BCUT2D eigenvalue weighted by atomic mass is 9.93. The summed E-state index contributed by atoms with van der Waals surface area (Å²) in [7, 11) is 0. The Labute approximate surface area is 309 Å². The fraction of sp³-hybridized carbons (Fsp3) is 0. The number of hydrogen-bond donors (Lipinski definition) is 0. The summed E-state index contributed by atoms with van der Waals surface area (Å²) in [5, 5.41) is 16.9. The van der Waals surface area contributed by atoms with Crippen LogP contribution in [0.1, 0.15) is 0 Å². The second kappa shape index (κ2) is 11.1. The molecule has 12 aromatic rings. The van der Waals surface area contributed by atoms with Crippen molar-refractivity contribution in [2.45, 2.75) is 0 Å². The van der Waals surface area contributed by atoms with Crippen LogP contribution in [0.4, 0.5) is 0 Å². The Balaban J connectivity index is 1.10. The minimum absolute atomic E-state index is 0.747. The second-order valence-electron chi connectivity index (χ2n) is 14.2. The van der Waals surface area contributed by atoms with Gasteiger partial charge in [0.15, 0.2) is 0 Å². The van der Waals surface area contributed by atoms with Crippen LogP contribution in [0.25, 0.3) is 120 Å². The van der Waals surface area contributed by atoms with Crippen molar-refractivity contribution in [3.05, 3.63) is 170 Å². The lowest BCUT2D eigenvalue weighted by molar-refractivity contribution is 1.27. The molecule has 54 heavy (non-hydrogen) atoms. The Bertz CT molecular complexity index is 3260. The van der Waals surface area contributed by atoms with Gasteiger partial charge in [0.05, 0.1) is 34.8 Å². The van der Waals surface area contributed by atoms with Gasteiger partial charge in [-0.05, 0) is 76.8 Å². The van der Waals surface area contributed by atoms with Crippen LogP contribution in [-0.4, -0.2) is 19.9 Å². The molecular weight excluding hydrogens is 657 g/mol. The Morgan fingerprint density at radius 2 is 0.519 bits per heavy atom. The molecule has 0 bridgehead atoms. The maximum Gasteiger partial charge on any atom is 0.118 e. The molecule has 0 radical (unpaired) electrons. The summed E-state index contributed by atoms with van der Waals surface area (Å²) in [5.74, 6) is 0. The van der Waals surface area contributed by atoms with Gasteiger partial charge in [-0.3, -0.25) is 9.97 Å². The predicted octanol–water partition coefficient (Wildman–Crippen LogP) is 13.0. The van der Waals surface area contributed by atoms with Gasteiger partial charge in [-0.25, -0.2) is 9.97 Å². The maximum absolute atomic E-state index is 5.37. The van der Waals surface area contributed by atoms with E-state index in [1.165, 1.54) is 64.6 Å². The molecule has 10 aromatic carbocycles. The predicted molar refractivity (Wildman–Crippen MR) is 226 cm³/mol. The highest BCUT2D eigenvalue weighted by atomic mass is 14.9. The standard InChI is InChI=1S/C50H28N4/c1-3-15-35-31(11-1)33-13-5-7-17-37(33)43-25-29(21-23-39(35)43)45-27-51-47-41-19-9-10-20-42(41)48-50(49(47)53-45)54-46(28-52-48)30-22-24-40-36-16-4-2-12-32(36)34-14-6-8-18-38(34)44(40)26-30/h1-28H. The van der Waals surface area contributed by atoms with Crippen LogP contribution in [0.2, 0.25) is 0 Å². The maximum atomic E-state index is 5.37. The smallest absolute Gasteiger partial charge is 0.118 e. The summed E-state index contributed by atoms with van der Waals surface area (Å²) in [5.41, 5.74) is 6.76. The van der Waals surface area contributed by atoms with Crippen molar-refractivity contribution < 1.29 is 0 Å². The number of fused-ring (bicyclic) bond motifs is 18. The van der Waals surface area contributed by atoms with Crippen molar-refractivity contribution in [3.63, 3.8) is 0 Å². The lowest BCUT2D eigenvalue weighted by Crippen LogP contribution is -1.97. The molecule has 2 aromatic heterocycles. The zero-order chi connectivity index (χ0) is 35.3. The number of aromatic nitrogens is 4. The SMILES string of the molecule is c1ccc2c(c1)c1ccccc1c1cc(-c3cnc4c5ccccc5c5ncc(-c6ccc7c8ccccc8c8ccccc8c7c6)nc5c4n3)ccc21. The molecule has 0 aliphatic heterocycles. The van der Waals surface area contributed by atoms with Crippen molar-refractivity contribution in [2.24, 2.45) is 0 Å². The first-order valence-electron chi connectivity index (χ1n) is 18.3. The monoisotopic (exact) mass is 684 g/mol. The molecule has 0 fully saturated rings. The van der Waals surface area contributed by atoms with Gasteiger partial charge in [0.25, 0.3) is 0 Å². The average molecular weight is 685 g/mol. The summed E-state index contributed by atoms with van der Waals surface area (Å²) in [6.45, 7) is 0. The minimum atomic E-state index is 0.747. The normalized spacial score (nSPS) is 12.1. The largest absolute Gasteiger partial charge is 0.252 e. The minimum Gasteiger partial charge on any atom is -0.252 e. The van der Waals surface area contributed by atoms with Crippen molar-refractivity contribution in [2.75, 3.05) is 0 Å². The summed E-state index contributed by atoms with van der Waals surface area (Å²) in [4.78, 5) is 20.9. The quantitative estimate of drug-likeness (QED) is 0.170. The van der Waals surface area contributed by atoms with E-state index >= 15 is 0 Å². The molecule has 0 saturated carbocycles. The molecule has 0 unspecified atom stereocenters. The van der Waals surface area contributed by atoms with Crippen LogP contribution in [-0.2, 0) is 0 Å². The van der Waals surface area contributed by atoms with E-state index in [-0.39, 0.29) is 0 Å². The molecule has 0 amide bonds. The highest BCUT2D eigenvalue weighted by Crippen LogP contribution is 2.40. The molecule has 2 heterocycles. The second-order valence-corrected chi connectivity index (χ2v) is 14.2. The molecule has 0 aliphatic rings. The van der Waals surface area contributed by atoms with Crippen LogP contribution in [0.15, 0.2) is 170 Å². The lowest BCUT2D eigenvalue weighted by Gasteiger charge is -2.13. The van der Waals surface area contributed by atoms with E-state index in [4.69, 9.17) is 19.9 Å². The zero-order valence-corrected chi connectivity index (χ0v) is 29.0. The molecule has 248 valence electrons. The highest BCUT2D eigenvalue weighted by Gasteiger charge is 2.17. The Morgan fingerprint density at radius 3 is 0.852 bits per heavy atom. The van der Waals surface area contributed by atoms with Gasteiger partial charge in [0, 0.05) is 21.9 Å². The summed E-state index contributed by atoms with van der Waals surface area (Å²) in [6.07, 6.45) is 3.81. The Morgan fingerprint density at radius 1 is 0.241 bits per heavy atom. The number of benzene rings is 10. The molecular formula is C50H28N4. The van der Waals surface area contributed by atoms with E-state index < -0.39 is 0 Å². The highest BCUT2D eigenvalue weighted by molar-refractivity contribution is 6.27. The molecule has 0 atom stereocenters. The van der Waals surface area contributed by atoms with Gasteiger partial charge in [-0.2, -0.15) is 0 Å². The first kappa shape index (κ1) is 29.3. The van der Waals surface area contributed by atoms with E-state index in [9.17, 15) is 0 Å². The number of nitrogens with zero attached hydrogens (tertiary/aromatic N) is 4. The van der Waals surface area contributed by atoms with Gasteiger partial charge in [0.1, 0.15) is 11.0 Å². The fourth-order valence-electron chi connectivity index (χ4n) is 8.81. The van der Waals surface area contributed by atoms with E-state index in [0.29, 0.717) is 0 Å². The third kappa shape index (κ3) is 4.13. The molecule has 0 spiro atoms. The fourth-order valence-corrected chi connectivity index (χ4v) is 8.81.